The molecule has 2 aromatic carbocycles. The van der Waals surface area contributed by atoms with Crippen molar-refractivity contribution in [3.05, 3.63) is 58.2 Å². The quantitative estimate of drug-likeness (QED) is 0.483. The van der Waals surface area contributed by atoms with E-state index >= 15 is 0 Å². The Morgan fingerprint density at radius 2 is 1.85 bits per heavy atom. The summed E-state index contributed by atoms with van der Waals surface area (Å²) in [5.41, 5.74) is 1.52. The Balaban J connectivity index is 1.62. The van der Waals surface area contributed by atoms with E-state index in [-0.39, 0.29) is 23.5 Å². The Kier molecular flexibility index (Phi) is 6.64. The highest BCUT2D eigenvalue weighted by atomic mass is 35.5. The molecule has 1 aliphatic heterocycles. The summed E-state index contributed by atoms with van der Waals surface area (Å²) in [5, 5.41) is 10.8. The van der Waals surface area contributed by atoms with Crippen molar-refractivity contribution in [2.24, 2.45) is 0 Å². The fourth-order valence-electron chi connectivity index (χ4n) is 4.23. The molecular formula is C23H24Cl2N2O5S. The highest BCUT2D eigenvalue weighted by Crippen LogP contribution is 2.38. The van der Waals surface area contributed by atoms with Crippen LogP contribution in [0.5, 0.6) is 5.75 Å². The number of halogens is 2. The molecule has 0 bridgehead atoms. The van der Waals surface area contributed by atoms with Gasteiger partial charge in [0, 0.05) is 30.6 Å². The number of carbonyl (C=O) groups is 1. The van der Waals surface area contributed by atoms with E-state index in [0.717, 1.165) is 10.9 Å². The Morgan fingerprint density at radius 3 is 2.48 bits per heavy atom. The average Bonchev–Trinajstić information content (AvgIpc) is 3.34. The Labute approximate surface area is 202 Å². The number of carboxylic acid groups (broad SMARTS) is 1. The molecule has 33 heavy (non-hydrogen) atoms. The van der Waals surface area contributed by atoms with Crippen LogP contribution in [0.15, 0.2) is 47.5 Å². The number of rotatable bonds is 7. The van der Waals surface area contributed by atoms with E-state index in [1.807, 2.05) is 13.8 Å². The second kappa shape index (κ2) is 9.18. The lowest BCUT2D eigenvalue weighted by atomic mass is 9.98. The number of carboxylic acids is 1. The van der Waals surface area contributed by atoms with E-state index in [1.54, 1.807) is 47.2 Å². The number of aromatic nitrogens is 1. The minimum atomic E-state index is -3.68. The molecule has 7 nitrogen and oxygen atoms in total. The van der Waals surface area contributed by atoms with Gasteiger partial charge in [0.1, 0.15) is 12.3 Å². The van der Waals surface area contributed by atoms with Gasteiger partial charge in [-0.2, -0.15) is 4.31 Å². The van der Waals surface area contributed by atoms with Crippen LogP contribution in [0.25, 0.3) is 10.9 Å². The molecule has 1 saturated heterocycles. The predicted octanol–water partition coefficient (Wildman–Crippen LogP) is 5.00. The van der Waals surface area contributed by atoms with Crippen molar-refractivity contribution in [2.45, 2.75) is 43.7 Å². The number of hydrogen-bond donors (Lipinski definition) is 1. The molecule has 4 rings (SSSR count). The van der Waals surface area contributed by atoms with Gasteiger partial charge in [0.25, 0.3) is 0 Å². The first-order valence-corrected chi connectivity index (χ1v) is 12.7. The van der Waals surface area contributed by atoms with Crippen molar-refractivity contribution in [3.8, 4) is 5.75 Å². The van der Waals surface area contributed by atoms with E-state index < -0.39 is 16.0 Å². The second-order valence-electron chi connectivity index (χ2n) is 8.38. The highest BCUT2D eigenvalue weighted by Gasteiger charge is 2.34. The SMILES string of the molecule is CC(C)Oc1ccc(S(=O)(=O)N2CCC(c3cn(CC(=O)O)c4cc(Cl)c(Cl)cc34)C2)cc1. The third kappa shape index (κ3) is 4.84. The minimum absolute atomic E-state index is 0.00145. The van der Waals surface area contributed by atoms with Crippen LogP contribution >= 0.6 is 23.2 Å². The van der Waals surface area contributed by atoms with E-state index in [2.05, 4.69) is 0 Å². The molecule has 0 saturated carbocycles. The predicted molar refractivity (Wildman–Crippen MR) is 128 cm³/mol. The summed E-state index contributed by atoms with van der Waals surface area (Å²) in [5.74, 6) is -0.465. The molecule has 1 aromatic heterocycles. The van der Waals surface area contributed by atoms with E-state index in [4.69, 9.17) is 27.9 Å². The second-order valence-corrected chi connectivity index (χ2v) is 11.1. The van der Waals surface area contributed by atoms with Gasteiger partial charge in [0.15, 0.2) is 0 Å². The zero-order valence-corrected chi connectivity index (χ0v) is 20.5. The highest BCUT2D eigenvalue weighted by molar-refractivity contribution is 7.89. The van der Waals surface area contributed by atoms with Gasteiger partial charge >= 0.3 is 5.97 Å². The average molecular weight is 511 g/mol. The third-order valence-electron chi connectivity index (χ3n) is 5.68. The standard InChI is InChI=1S/C23H24Cl2N2O5S/c1-14(2)32-16-3-5-17(6-4-16)33(30,31)27-8-7-15(11-27)19-12-26(13-23(28)29)22-10-21(25)20(24)9-18(19)22/h3-6,9-10,12,14-15H,7-8,11,13H2,1-2H3,(H,28,29). The molecule has 0 aliphatic carbocycles. The van der Waals surface area contributed by atoms with Gasteiger partial charge in [0.05, 0.1) is 26.6 Å². The van der Waals surface area contributed by atoms with Gasteiger partial charge < -0.3 is 14.4 Å². The van der Waals surface area contributed by atoms with Gasteiger partial charge in [-0.3, -0.25) is 4.79 Å². The maximum atomic E-state index is 13.2. The summed E-state index contributed by atoms with van der Waals surface area (Å²) in [4.78, 5) is 11.6. The molecule has 1 unspecified atom stereocenters. The smallest absolute Gasteiger partial charge is 0.323 e. The third-order valence-corrected chi connectivity index (χ3v) is 8.29. The van der Waals surface area contributed by atoms with Crippen LogP contribution in [0.1, 0.15) is 31.7 Å². The normalized spacial score (nSPS) is 17.2. The number of nitrogens with zero attached hydrogens (tertiary/aromatic N) is 2. The van der Waals surface area contributed by atoms with Crippen molar-refractivity contribution in [1.29, 1.82) is 0 Å². The molecule has 1 aliphatic rings. The molecule has 2 heterocycles. The maximum absolute atomic E-state index is 13.2. The first kappa shape index (κ1) is 23.9. The maximum Gasteiger partial charge on any atom is 0.323 e. The molecule has 0 amide bonds. The molecular weight excluding hydrogens is 487 g/mol. The van der Waals surface area contributed by atoms with Crippen LogP contribution in [0.4, 0.5) is 0 Å². The lowest BCUT2D eigenvalue weighted by Crippen LogP contribution is -2.28. The molecule has 1 fully saturated rings. The largest absolute Gasteiger partial charge is 0.491 e. The summed E-state index contributed by atoms with van der Waals surface area (Å²) in [6, 6.07) is 9.80. The Hall–Kier alpha value is -2.26. The van der Waals surface area contributed by atoms with Crippen LogP contribution in [0.3, 0.4) is 0 Å². The van der Waals surface area contributed by atoms with Crippen LogP contribution in [-0.4, -0.2) is 47.6 Å². The van der Waals surface area contributed by atoms with Crippen LogP contribution < -0.4 is 4.74 Å². The lowest BCUT2D eigenvalue weighted by Gasteiger charge is -2.17. The summed E-state index contributed by atoms with van der Waals surface area (Å²) >= 11 is 12.4. The van der Waals surface area contributed by atoms with Crippen LogP contribution in [0, 0.1) is 0 Å². The fourth-order valence-corrected chi connectivity index (χ4v) is 6.05. The van der Waals surface area contributed by atoms with Crippen molar-refractivity contribution in [2.75, 3.05) is 13.1 Å². The zero-order chi connectivity index (χ0) is 23.9. The topological polar surface area (TPSA) is 88.8 Å². The first-order chi connectivity index (χ1) is 15.6. The van der Waals surface area contributed by atoms with Crippen molar-refractivity contribution < 1.29 is 23.1 Å². The van der Waals surface area contributed by atoms with E-state index in [0.29, 0.717) is 40.8 Å². The number of aliphatic carboxylic acids is 1. The van der Waals surface area contributed by atoms with Gasteiger partial charge in [-0.15, -0.1) is 0 Å². The number of sulfonamides is 1. The summed E-state index contributed by atoms with van der Waals surface area (Å²) < 4.78 is 35.1. The molecule has 1 atom stereocenters. The summed E-state index contributed by atoms with van der Waals surface area (Å²) in [7, 11) is -3.68. The number of ether oxygens (including phenoxy) is 1. The van der Waals surface area contributed by atoms with Gasteiger partial charge in [-0.05, 0) is 62.2 Å². The van der Waals surface area contributed by atoms with Crippen LogP contribution in [0.2, 0.25) is 10.0 Å². The minimum Gasteiger partial charge on any atom is -0.491 e. The molecule has 10 heteroatoms. The summed E-state index contributed by atoms with van der Waals surface area (Å²) in [6.45, 7) is 4.24. The molecule has 0 radical (unpaired) electrons. The van der Waals surface area contributed by atoms with Crippen LogP contribution in [-0.2, 0) is 21.4 Å². The van der Waals surface area contributed by atoms with E-state index in [9.17, 15) is 18.3 Å². The number of hydrogen-bond acceptors (Lipinski definition) is 4. The van der Waals surface area contributed by atoms with E-state index in [1.165, 1.54) is 4.31 Å². The number of fused-ring (bicyclic) bond motifs is 1. The van der Waals surface area contributed by atoms with Gasteiger partial charge in [-0.25, -0.2) is 8.42 Å². The van der Waals surface area contributed by atoms with Crippen molar-refractivity contribution in [3.63, 3.8) is 0 Å². The Morgan fingerprint density at radius 1 is 1.18 bits per heavy atom. The van der Waals surface area contributed by atoms with Gasteiger partial charge in [-0.1, -0.05) is 23.2 Å². The molecule has 0 spiro atoms. The Bertz CT molecular complexity index is 1300. The molecule has 3 aromatic rings. The summed E-state index contributed by atoms with van der Waals surface area (Å²) in [6.07, 6.45) is 2.38. The molecule has 1 N–H and O–H groups in total. The monoisotopic (exact) mass is 510 g/mol. The fraction of sp³-hybridized carbons (Fsp3) is 0.348. The zero-order valence-electron chi connectivity index (χ0n) is 18.2. The van der Waals surface area contributed by atoms with Crippen molar-refractivity contribution >= 4 is 50.1 Å². The first-order valence-electron chi connectivity index (χ1n) is 10.5. The lowest BCUT2D eigenvalue weighted by molar-refractivity contribution is -0.137. The van der Waals surface area contributed by atoms with Crippen molar-refractivity contribution in [1.82, 2.24) is 8.87 Å². The number of benzene rings is 2. The molecule has 176 valence electrons. The van der Waals surface area contributed by atoms with Gasteiger partial charge in [0.2, 0.25) is 10.0 Å².